The fourth-order valence-electron chi connectivity index (χ4n) is 4.20. The highest BCUT2D eigenvalue weighted by atomic mass is 19.1. The van der Waals surface area contributed by atoms with E-state index in [-0.39, 0.29) is 29.7 Å². The van der Waals surface area contributed by atoms with Crippen LogP contribution in [0.4, 0.5) is 19.3 Å². The van der Waals surface area contributed by atoms with Crippen LogP contribution in [0.2, 0.25) is 0 Å². The molecule has 1 N–H and O–H groups in total. The molecule has 1 atom stereocenters. The molecule has 6 heteroatoms. The number of halogens is 2. The van der Waals surface area contributed by atoms with Gasteiger partial charge in [0.2, 0.25) is 0 Å². The van der Waals surface area contributed by atoms with Gasteiger partial charge in [0.15, 0.2) is 11.6 Å². The Bertz CT molecular complexity index is 695. The number of carbonyl (C=O) groups is 1. The first kappa shape index (κ1) is 17.7. The van der Waals surface area contributed by atoms with E-state index in [4.69, 9.17) is 4.74 Å². The summed E-state index contributed by atoms with van der Waals surface area (Å²) in [7, 11) is 0. The van der Waals surface area contributed by atoms with Gasteiger partial charge in [-0.05, 0) is 37.8 Å². The molecule has 3 rings (SSSR count). The van der Waals surface area contributed by atoms with Gasteiger partial charge in [0, 0.05) is 18.0 Å². The molecule has 1 spiro atoms. The van der Waals surface area contributed by atoms with E-state index in [1.807, 2.05) is 0 Å². The molecule has 1 aromatic rings. The predicted octanol–water partition coefficient (Wildman–Crippen LogP) is 4.57. The van der Waals surface area contributed by atoms with Crippen molar-refractivity contribution < 1.29 is 18.3 Å². The van der Waals surface area contributed by atoms with E-state index in [0.717, 1.165) is 18.9 Å². The third-order valence-electron chi connectivity index (χ3n) is 5.14. The van der Waals surface area contributed by atoms with E-state index < -0.39 is 23.4 Å². The number of anilines is 1. The first-order valence-corrected chi connectivity index (χ1v) is 8.73. The molecule has 4 nitrogen and oxygen atoms in total. The minimum atomic E-state index is -0.880. The zero-order valence-electron chi connectivity index (χ0n) is 14.8. The standard InChI is InChI=1S/C19H24F2N2O2/c1-4-25-14-8-7-13(20)16(15(14)21)22-18(24)23-11-19(9-5-6-10-19)17(23)12(2)3/h5-8,12,17H,4,9-11H2,1-3H3,(H,22,24). The van der Waals surface area contributed by atoms with E-state index in [9.17, 15) is 13.6 Å². The Balaban J connectivity index is 1.78. The molecule has 1 aromatic carbocycles. The summed E-state index contributed by atoms with van der Waals surface area (Å²) in [6, 6.07) is 1.91. The summed E-state index contributed by atoms with van der Waals surface area (Å²) >= 11 is 0. The van der Waals surface area contributed by atoms with Crippen LogP contribution in [-0.2, 0) is 0 Å². The van der Waals surface area contributed by atoms with E-state index in [0.29, 0.717) is 6.54 Å². The number of likely N-dealkylation sites (tertiary alicyclic amines) is 1. The second-order valence-corrected chi connectivity index (χ2v) is 7.16. The van der Waals surface area contributed by atoms with E-state index in [1.54, 1.807) is 11.8 Å². The van der Waals surface area contributed by atoms with E-state index in [1.165, 1.54) is 6.07 Å². The van der Waals surface area contributed by atoms with Crippen LogP contribution in [0.1, 0.15) is 33.6 Å². The second kappa shape index (κ2) is 6.65. The molecule has 1 heterocycles. The zero-order chi connectivity index (χ0) is 18.2. The van der Waals surface area contributed by atoms with Crippen molar-refractivity contribution in [3.8, 4) is 5.75 Å². The Morgan fingerprint density at radius 2 is 2.04 bits per heavy atom. The molecular weight excluding hydrogens is 326 g/mol. The topological polar surface area (TPSA) is 41.6 Å². The van der Waals surface area contributed by atoms with Gasteiger partial charge in [-0.15, -0.1) is 0 Å². The number of ether oxygens (including phenoxy) is 1. The molecule has 1 aliphatic carbocycles. The Morgan fingerprint density at radius 1 is 1.36 bits per heavy atom. The number of allylic oxidation sites excluding steroid dienone is 2. The van der Waals surface area contributed by atoms with Crippen LogP contribution in [0.5, 0.6) is 5.75 Å². The summed E-state index contributed by atoms with van der Waals surface area (Å²) in [4.78, 5) is 14.3. The van der Waals surface area contributed by atoms with Gasteiger partial charge in [-0.1, -0.05) is 26.0 Å². The second-order valence-electron chi connectivity index (χ2n) is 7.16. The van der Waals surface area contributed by atoms with Crippen molar-refractivity contribution in [1.29, 1.82) is 0 Å². The summed E-state index contributed by atoms with van der Waals surface area (Å²) in [5.74, 6) is -1.49. The molecule has 0 aromatic heterocycles. The maximum absolute atomic E-state index is 14.4. The minimum absolute atomic E-state index is 0.0590. The summed E-state index contributed by atoms with van der Waals surface area (Å²) in [5.41, 5.74) is -0.376. The highest BCUT2D eigenvalue weighted by molar-refractivity contribution is 5.91. The Labute approximate surface area is 146 Å². The van der Waals surface area contributed by atoms with Crippen molar-refractivity contribution in [3.63, 3.8) is 0 Å². The Kier molecular flexibility index (Phi) is 4.71. The van der Waals surface area contributed by atoms with Crippen molar-refractivity contribution in [2.24, 2.45) is 11.3 Å². The number of nitrogens with zero attached hydrogens (tertiary/aromatic N) is 1. The van der Waals surface area contributed by atoms with Gasteiger partial charge < -0.3 is 15.0 Å². The van der Waals surface area contributed by atoms with Crippen LogP contribution in [0.3, 0.4) is 0 Å². The average molecular weight is 350 g/mol. The molecule has 0 saturated carbocycles. The van der Waals surface area contributed by atoms with Gasteiger partial charge in [-0.2, -0.15) is 0 Å². The van der Waals surface area contributed by atoms with Crippen LogP contribution >= 0.6 is 0 Å². The predicted molar refractivity (Wildman–Crippen MR) is 92.7 cm³/mol. The van der Waals surface area contributed by atoms with Gasteiger partial charge in [-0.25, -0.2) is 13.6 Å². The number of rotatable bonds is 4. The highest BCUT2D eigenvalue weighted by Crippen LogP contribution is 2.50. The molecule has 2 amide bonds. The fourth-order valence-corrected chi connectivity index (χ4v) is 4.20. The van der Waals surface area contributed by atoms with Crippen LogP contribution < -0.4 is 10.1 Å². The molecule has 1 aliphatic heterocycles. The molecule has 1 unspecified atom stereocenters. The van der Waals surface area contributed by atoms with Gasteiger partial charge >= 0.3 is 6.03 Å². The third kappa shape index (κ3) is 2.98. The normalized spacial score (nSPS) is 20.9. The number of nitrogens with one attached hydrogen (secondary N) is 1. The Hall–Kier alpha value is -2.11. The number of hydrogen-bond acceptors (Lipinski definition) is 2. The average Bonchev–Trinajstić information content (AvgIpc) is 3.03. The van der Waals surface area contributed by atoms with Crippen LogP contribution in [0.25, 0.3) is 0 Å². The molecule has 0 radical (unpaired) electrons. The maximum atomic E-state index is 14.4. The third-order valence-corrected chi connectivity index (χ3v) is 5.14. The van der Waals surface area contributed by atoms with Gasteiger partial charge in [0.05, 0.1) is 6.61 Å². The molecular formula is C19H24F2N2O2. The van der Waals surface area contributed by atoms with Crippen LogP contribution in [0, 0.1) is 23.0 Å². The number of hydrogen-bond donors (Lipinski definition) is 1. The van der Waals surface area contributed by atoms with E-state index in [2.05, 4.69) is 31.3 Å². The largest absolute Gasteiger partial charge is 0.491 e. The maximum Gasteiger partial charge on any atom is 0.322 e. The molecule has 2 aliphatic rings. The number of amides is 2. The first-order chi connectivity index (χ1) is 11.9. The van der Waals surface area contributed by atoms with Crippen molar-refractivity contribution in [2.75, 3.05) is 18.5 Å². The zero-order valence-corrected chi connectivity index (χ0v) is 14.8. The first-order valence-electron chi connectivity index (χ1n) is 8.73. The van der Waals surface area contributed by atoms with Gasteiger partial charge in [-0.3, -0.25) is 0 Å². The van der Waals surface area contributed by atoms with Crippen molar-refractivity contribution >= 4 is 11.7 Å². The summed E-state index contributed by atoms with van der Waals surface area (Å²) < 4.78 is 33.6. The van der Waals surface area contributed by atoms with Crippen LogP contribution in [-0.4, -0.2) is 30.1 Å². The monoisotopic (exact) mass is 350 g/mol. The van der Waals surface area contributed by atoms with Crippen molar-refractivity contribution in [1.82, 2.24) is 4.90 Å². The lowest BCUT2D eigenvalue weighted by molar-refractivity contribution is -0.0538. The quantitative estimate of drug-likeness (QED) is 0.808. The SMILES string of the molecule is CCOc1ccc(F)c(NC(=O)N2CC3(CC=CC3)C2C(C)C)c1F. The van der Waals surface area contributed by atoms with E-state index >= 15 is 0 Å². The smallest absolute Gasteiger partial charge is 0.322 e. The highest BCUT2D eigenvalue weighted by Gasteiger charge is 2.55. The van der Waals surface area contributed by atoms with Crippen LogP contribution in [0.15, 0.2) is 24.3 Å². The lowest BCUT2D eigenvalue weighted by atomic mass is 9.65. The van der Waals surface area contributed by atoms with Crippen molar-refractivity contribution in [2.45, 2.75) is 39.7 Å². The van der Waals surface area contributed by atoms with Gasteiger partial charge in [0.1, 0.15) is 11.5 Å². The lowest BCUT2D eigenvalue weighted by Gasteiger charge is -2.58. The number of urea groups is 1. The fraction of sp³-hybridized carbons (Fsp3) is 0.526. The summed E-state index contributed by atoms with van der Waals surface area (Å²) in [5, 5.41) is 2.41. The molecule has 136 valence electrons. The molecule has 25 heavy (non-hydrogen) atoms. The number of benzene rings is 1. The Morgan fingerprint density at radius 3 is 2.64 bits per heavy atom. The lowest BCUT2D eigenvalue weighted by Crippen LogP contribution is -2.68. The molecule has 1 fully saturated rings. The number of carbonyl (C=O) groups excluding carboxylic acids is 1. The minimum Gasteiger partial charge on any atom is -0.491 e. The molecule has 0 bridgehead atoms. The molecule has 1 saturated heterocycles. The van der Waals surface area contributed by atoms with Crippen molar-refractivity contribution in [3.05, 3.63) is 35.9 Å². The summed E-state index contributed by atoms with van der Waals surface area (Å²) in [6.07, 6.45) is 6.19. The summed E-state index contributed by atoms with van der Waals surface area (Å²) in [6.45, 7) is 6.71. The van der Waals surface area contributed by atoms with Gasteiger partial charge in [0.25, 0.3) is 0 Å².